The molecule has 1 amide bonds. The first kappa shape index (κ1) is 16.5. The van der Waals surface area contributed by atoms with Gasteiger partial charge in [0.1, 0.15) is 11.3 Å². The number of aromatic nitrogens is 2. The Bertz CT molecular complexity index is 777. The Morgan fingerprint density at radius 2 is 1.91 bits per heavy atom. The molecule has 0 aliphatic heterocycles. The molecule has 1 aromatic heterocycles. The van der Waals surface area contributed by atoms with Crippen LogP contribution in [0.5, 0.6) is 5.75 Å². The van der Waals surface area contributed by atoms with Crippen molar-refractivity contribution in [3.63, 3.8) is 0 Å². The number of ether oxygens (including phenoxy) is 1. The van der Waals surface area contributed by atoms with Crippen LogP contribution in [-0.4, -0.2) is 22.5 Å². The summed E-state index contributed by atoms with van der Waals surface area (Å²) >= 11 is 0. The van der Waals surface area contributed by atoms with Gasteiger partial charge in [-0.1, -0.05) is 19.1 Å². The first-order valence-corrected chi connectivity index (χ1v) is 7.40. The van der Waals surface area contributed by atoms with E-state index in [-0.39, 0.29) is 11.6 Å². The minimum absolute atomic E-state index is 0.131. The number of benzene rings is 1. The van der Waals surface area contributed by atoms with E-state index in [1.54, 1.807) is 0 Å². The molecule has 122 valence electrons. The lowest BCUT2D eigenvalue weighted by molar-refractivity contribution is 0.0933. The number of hydrogen-bond donors (Lipinski definition) is 3. The lowest BCUT2D eigenvalue weighted by Crippen LogP contribution is -2.35. The van der Waals surface area contributed by atoms with Gasteiger partial charge >= 0.3 is 5.69 Å². The Labute approximate surface area is 132 Å². The van der Waals surface area contributed by atoms with E-state index in [1.165, 1.54) is 0 Å². The van der Waals surface area contributed by atoms with E-state index in [0.29, 0.717) is 13.0 Å². The average Bonchev–Trinajstić information content (AvgIpc) is 2.53. The first-order chi connectivity index (χ1) is 11.0. The molecule has 1 atom stereocenters. The number of H-pyrrole nitrogens is 2. The highest BCUT2D eigenvalue weighted by Crippen LogP contribution is 2.20. The van der Waals surface area contributed by atoms with Gasteiger partial charge in [0.15, 0.2) is 0 Å². The number of amides is 1. The highest BCUT2D eigenvalue weighted by Gasteiger charge is 2.17. The molecular formula is C16H19N3O4. The van der Waals surface area contributed by atoms with Crippen molar-refractivity contribution in [2.45, 2.75) is 26.3 Å². The van der Waals surface area contributed by atoms with Crippen LogP contribution in [0, 0.1) is 0 Å². The van der Waals surface area contributed by atoms with Crippen molar-refractivity contribution in [1.29, 1.82) is 0 Å². The Hall–Kier alpha value is -2.83. The van der Waals surface area contributed by atoms with E-state index in [1.807, 2.05) is 43.1 Å². The molecule has 3 N–H and O–H groups in total. The fourth-order valence-corrected chi connectivity index (χ4v) is 2.20. The average molecular weight is 317 g/mol. The summed E-state index contributed by atoms with van der Waals surface area (Å²) in [5.74, 6) is 0.220. The van der Waals surface area contributed by atoms with E-state index in [4.69, 9.17) is 4.74 Å². The molecule has 7 heteroatoms. The minimum atomic E-state index is -0.715. The molecule has 2 rings (SSSR count). The zero-order valence-corrected chi connectivity index (χ0v) is 13.0. The van der Waals surface area contributed by atoms with Crippen LogP contribution >= 0.6 is 0 Å². The molecule has 0 radical (unpaired) electrons. The van der Waals surface area contributed by atoms with Crippen LogP contribution in [-0.2, 0) is 0 Å². The van der Waals surface area contributed by atoms with Gasteiger partial charge in [-0.25, -0.2) is 4.79 Å². The van der Waals surface area contributed by atoms with Crippen LogP contribution in [0.3, 0.4) is 0 Å². The van der Waals surface area contributed by atoms with Gasteiger partial charge < -0.3 is 15.0 Å². The zero-order valence-electron chi connectivity index (χ0n) is 13.0. The number of carbonyl (C=O) groups excluding carboxylic acids is 1. The molecule has 0 spiro atoms. The largest absolute Gasteiger partial charge is 0.494 e. The highest BCUT2D eigenvalue weighted by molar-refractivity contribution is 5.93. The fraction of sp³-hybridized carbons (Fsp3) is 0.312. The predicted octanol–water partition coefficient (Wildman–Crippen LogP) is 1.34. The van der Waals surface area contributed by atoms with Crippen molar-refractivity contribution in [1.82, 2.24) is 15.3 Å². The summed E-state index contributed by atoms with van der Waals surface area (Å²) in [4.78, 5) is 39.2. The van der Waals surface area contributed by atoms with Crippen LogP contribution in [0.4, 0.5) is 0 Å². The maximum atomic E-state index is 12.2. The molecule has 23 heavy (non-hydrogen) atoms. The zero-order chi connectivity index (χ0) is 16.8. The second-order valence-corrected chi connectivity index (χ2v) is 4.92. The molecular weight excluding hydrogens is 298 g/mol. The number of aromatic amines is 2. The first-order valence-electron chi connectivity index (χ1n) is 7.40. The second kappa shape index (κ2) is 7.44. The van der Waals surface area contributed by atoms with Gasteiger partial charge in [-0.2, -0.15) is 0 Å². The van der Waals surface area contributed by atoms with Gasteiger partial charge in [-0.05, 0) is 31.0 Å². The smallest absolute Gasteiger partial charge is 0.325 e. The summed E-state index contributed by atoms with van der Waals surface area (Å²) in [5, 5.41) is 2.79. The summed E-state index contributed by atoms with van der Waals surface area (Å²) in [5.41, 5.74) is -0.586. The van der Waals surface area contributed by atoms with Crippen molar-refractivity contribution in [3.05, 3.63) is 62.4 Å². The van der Waals surface area contributed by atoms with Crippen LogP contribution in [0.15, 0.2) is 40.1 Å². The molecule has 0 saturated carbocycles. The summed E-state index contributed by atoms with van der Waals surface area (Å²) < 4.78 is 5.39. The fourth-order valence-electron chi connectivity index (χ4n) is 2.20. The standard InChI is InChI=1S/C16H19N3O4/c1-3-13(10-5-7-11(8-6-10)23-4-2)18-14(20)12-9-17-16(22)19-15(12)21/h5-9,13H,3-4H2,1-2H3,(H,18,20)(H2,17,19,21,22). The Morgan fingerprint density at radius 1 is 1.22 bits per heavy atom. The molecule has 1 unspecified atom stereocenters. The van der Waals surface area contributed by atoms with Gasteiger partial charge in [-0.3, -0.25) is 14.6 Å². The van der Waals surface area contributed by atoms with E-state index < -0.39 is 17.2 Å². The minimum Gasteiger partial charge on any atom is -0.494 e. The number of nitrogens with one attached hydrogen (secondary N) is 3. The summed E-state index contributed by atoms with van der Waals surface area (Å²) in [6.45, 7) is 4.42. The maximum absolute atomic E-state index is 12.2. The maximum Gasteiger partial charge on any atom is 0.325 e. The second-order valence-electron chi connectivity index (χ2n) is 4.92. The van der Waals surface area contributed by atoms with E-state index in [2.05, 4.69) is 10.3 Å². The lowest BCUT2D eigenvalue weighted by atomic mass is 10.0. The van der Waals surface area contributed by atoms with Crippen molar-refractivity contribution in [2.24, 2.45) is 0 Å². The SMILES string of the molecule is CCOc1ccc(C(CC)NC(=O)c2c[nH]c(=O)[nH]c2=O)cc1. The Morgan fingerprint density at radius 3 is 2.48 bits per heavy atom. The summed E-state index contributed by atoms with van der Waals surface area (Å²) in [6, 6.07) is 7.16. The van der Waals surface area contributed by atoms with Crippen molar-refractivity contribution >= 4 is 5.91 Å². The molecule has 7 nitrogen and oxygen atoms in total. The molecule has 0 saturated heterocycles. The third-order valence-corrected chi connectivity index (χ3v) is 3.37. The van der Waals surface area contributed by atoms with Crippen molar-refractivity contribution < 1.29 is 9.53 Å². The molecule has 1 heterocycles. The molecule has 0 bridgehead atoms. The molecule has 2 aromatic rings. The third kappa shape index (κ3) is 4.09. The molecule has 1 aromatic carbocycles. The van der Waals surface area contributed by atoms with Gasteiger partial charge in [-0.15, -0.1) is 0 Å². The number of rotatable bonds is 6. The van der Waals surface area contributed by atoms with Crippen LogP contribution < -0.4 is 21.3 Å². The van der Waals surface area contributed by atoms with Crippen molar-refractivity contribution in [3.8, 4) is 5.75 Å². The number of hydrogen-bond acceptors (Lipinski definition) is 4. The molecule has 0 aliphatic rings. The van der Waals surface area contributed by atoms with Crippen LogP contribution in [0.25, 0.3) is 0 Å². The quantitative estimate of drug-likeness (QED) is 0.748. The number of carbonyl (C=O) groups is 1. The van der Waals surface area contributed by atoms with Crippen LogP contribution in [0.1, 0.15) is 42.2 Å². The van der Waals surface area contributed by atoms with Gasteiger partial charge in [0, 0.05) is 6.20 Å². The van der Waals surface area contributed by atoms with Crippen LogP contribution in [0.2, 0.25) is 0 Å². The van der Waals surface area contributed by atoms with Gasteiger partial charge in [0.2, 0.25) is 0 Å². The van der Waals surface area contributed by atoms with E-state index >= 15 is 0 Å². The Balaban J connectivity index is 2.16. The molecule has 0 fully saturated rings. The normalized spacial score (nSPS) is 11.7. The highest BCUT2D eigenvalue weighted by atomic mass is 16.5. The van der Waals surface area contributed by atoms with Crippen molar-refractivity contribution in [2.75, 3.05) is 6.61 Å². The summed E-state index contributed by atoms with van der Waals surface area (Å²) in [7, 11) is 0. The van der Waals surface area contributed by atoms with E-state index in [0.717, 1.165) is 17.5 Å². The molecule has 0 aliphatic carbocycles. The summed E-state index contributed by atoms with van der Waals surface area (Å²) in [6.07, 6.45) is 1.77. The Kier molecular flexibility index (Phi) is 5.35. The lowest BCUT2D eigenvalue weighted by Gasteiger charge is -2.17. The van der Waals surface area contributed by atoms with E-state index in [9.17, 15) is 14.4 Å². The predicted molar refractivity (Wildman–Crippen MR) is 85.8 cm³/mol. The van der Waals surface area contributed by atoms with Gasteiger partial charge in [0.05, 0.1) is 12.6 Å². The van der Waals surface area contributed by atoms with Gasteiger partial charge in [0.25, 0.3) is 11.5 Å². The monoisotopic (exact) mass is 317 g/mol. The third-order valence-electron chi connectivity index (χ3n) is 3.37. The topological polar surface area (TPSA) is 104 Å².